The largest absolute Gasteiger partial charge is 0.491 e. The highest BCUT2D eigenvalue weighted by Crippen LogP contribution is 2.19. The molecule has 2 atom stereocenters. The molecule has 4 heteroatoms. The van der Waals surface area contributed by atoms with Crippen LogP contribution in [0.15, 0.2) is 24.3 Å². The fraction of sp³-hybridized carbons (Fsp3) is 0.647. The van der Waals surface area contributed by atoms with Crippen molar-refractivity contribution in [2.45, 2.75) is 51.3 Å². The van der Waals surface area contributed by atoms with Crippen LogP contribution in [0.25, 0.3) is 0 Å². The predicted octanol–water partition coefficient (Wildman–Crippen LogP) is 2.15. The van der Waals surface area contributed by atoms with E-state index in [1.54, 1.807) is 0 Å². The fourth-order valence-electron chi connectivity index (χ4n) is 3.00. The van der Waals surface area contributed by atoms with Gasteiger partial charge in [0.15, 0.2) is 0 Å². The van der Waals surface area contributed by atoms with Gasteiger partial charge >= 0.3 is 0 Å². The average molecular weight is 292 g/mol. The fourth-order valence-corrected chi connectivity index (χ4v) is 3.00. The summed E-state index contributed by atoms with van der Waals surface area (Å²) in [6, 6.07) is 8.35. The normalized spacial score (nSPS) is 21.2. The molecule has 1 heterocycles. The quantitative estimate of drug-likeness (QED) is 0.808. The van der Waals surface area contributed by atoms with E-state index in [0.29, 0.717) is 25.7 Å². The summed E-state index contributed by atoms with van der Waals surface area (Å²) in [7, 11) is 0. The van der Waals surface area contributed by atoms with E-state index in [1.165, 1.54) is 19.3 Å². The molecule has 3 N–H and O–H groups in total. The van der Waals surface area contributed by atoms with Crippen molar-refractivity contribution in [1.29, 1.82) is 0 Å². The van der Waals surface area contributed by atoms with Crippen LogP contribution >= 0.6 is 0 Å². The summed E-state index contributed by atoms with van der Waals surface area (Å²) in [4.78, 5) is 2.41. The molecule has 21 heavy (non-hydrogen) atoms. The topological polar surface area (TPSA) is 58.7 Å². The van der Waals surface area contributed by atoms with Crippen molar-refractivity contribution >= 4 is 0 Å². The highest BCUT2D eigenvalue weighted by molar-refractivity contribution is 5.27. The smallest absolute Gasteiger partial charge is 0.119 e. The number of nitrogens with zero attached hydrogens (tertiary/aromatic N) is 1. The van der Waals surface area contributed by atoms with Crippen molar-refractivity contribution in [3.05, 3.63) is 29.8 Å². The molecular formula is C17H28N2O2. The van der Waals surface area contributed by atoms with Crippen molar-refractivity contribution in [3.8, 4) is 5.75 Å². The Hall–Kier alpha value is -1.10. The van der Waals surface area contributed by atoms with Gasteiger partial charge in [0, 0.05) is 19.1 Å². The molecule has 118 valence electrons. The third kappa shape index (κ3) is 4.99. The van der Waals surface area contributed by atoms with Gasteiger partial charge < -0.3 is 15.6 Å². The highest BCUT2D eigenvalue weighted by atomic mass is 16.5. The lowest BCUT2D eigenvalue weighted by atomic mass is 10.00. The first-order chi connectivity index (χ1) is 10.2. The minimum Gasteiger partial charge on any atom is -0.491 e. The first-order valence-corrected chi connectivity index (χ1v) is 8.06. The maximum atomic E-state index is 10.2. The number of ether oxygens (including phenoxy) is 1. The Morgan fingerprint density at radius 3 is 2.76 bits per heavy atom. The van der Waals surface area contributed by atoms with Gasteiger partial charge in [-0.1, -0.05) is 25.5 Å². The van der Waals surface area contributed by atoms with Gasteiger partial charge in [0.25, 0.3) is 0 Å². The van der Waals surface area contributed by atoms with Crippen molar-refractivity contribution in [2.75, 3.05) is 19.7 Å². The summed E-state index contributed by atoms with van der Waals surface area (Å²) in [5.74, 6) is 0.789. The number of rotatable bonds is 7. The van der Waals surface area contributed by atoms with Gasteiger partial charge in [-0.15, -0.1) is 0 Å². The van der Waals surface area contributed by atoms with Crippen LogP contribution in [-0.2, 0) is 6.54 Å². The third-order valence-corrected chi connectivity index (χ3v) is 4.27. The zero-order chi connectivity index (χ0) is 15.1. The number of hydrogen-bond donors (Lipinski definition) is 2. The molecule has 1 aliphatic heterocycles. The van der Waals surface area contributed by atoms with Crippen LogP contribution < -0.4 is 10.5 Å². The monoisotopic (exact) mass is 292 g/mol. The van der Waals surface area contributed by atoms with Crippen molar-refractivity contribution in [1.82, 2.24) is 4.90 Å². The molecule has 1 aliphatic rings. The van der Waals surface area contributed by atoms with Gasteiger partial charge in [-0.05, 0) is 43.5 Å². The minimum atomic E-state index is -0.439. The maximum Gasteiger partial charge on any atom is 0.119 e. The van der Waals surface area contributed by atoms with Gasteiger partial charge in [0.05, 0.1) is 0 Å². The van der Waals surface area contributed by atoms with Gasteiger partial charge in [-0.2, -0.15) is 0 Å². The average Bonchev–Trinajstić information content (AvgIpc) is 2.54. The molecule has 0 saturated carbocycles. The molecule has 2 rings (SSSR count). The zero-order valence-electron chi connectivity index (χ0n) is 13.0. The molecule has 1 aromatic rings. The number of nitrogens with two attached hydrogens (primary N) is 1. The summed E-state index contributed by atoms with van der Waals surface area (Å²) < 4.78 is 5.66. The van der Waals surface area contributed by atoms with Gasteiger partial charge in [-0.3, -0.25) is 4.90 Å². The van der Waals surface area contributed by atoms with Gasteiger partial charge in [-0.25, -0.2) is 0 Å². The number of piperidine rings is 1. The van der Waals surface area contributed by atoms with E-state index in [9.17, 15) is 5.11 Å². The van der Waals surface area contributed by atoms with Crippen molar-refractivity contribution in [2.24, 2.45) is 5.73 Å². The first-order valence-electron chi connectivity index (χ1n) is 8.06. The number of benzene rings is 1. The minimum absolute atomic E-state index is 0.342. The van der Waals surface area contributed by atoms with E-state index in [-0.39, 0.29) is 0 Å². The van der Waals surface area contributed by atoms with E-state index in [0.717, 1.165) is 24.3 Å². The molecule has 0 amide bonds. The van der Waals surface area contributed by atoms with E-state index >= 15 is 0 Å². The van der Waals surface area contributed by atoms with Crippen LogP contribution in [-0.4, -0.2) is 41.8 Å². The molecule has 0 aromatic heterocycles. The molecule has 2 unspecified atom stereocenters. The first kappa shape index (κ1) is 16.3. The molecule has 0 aliphatic carbocycles. The van der Waals surface area contributed by atoms with Crippen molar-refractivity contribution < 1.29 is 9.84 Å². The van der Waals surface area contributed by atoms with E-state index in [2.05, 4.69) is 11.8 Å². The third-order valence-electron chi connectivity index (χ3n) is 4.27. The van der Waals surface area contributed by atoms with Gasteiger partial charge in [0.1, 0.15) is 18.5 Å². The molecular weight excluding hydrogens is 264 g/mol. The number of aliphatic hydroxyl groups is 1. The SMILES string of the molecule is CCC1CCCCN1CC(O)COc1ccc(CN)cc1. The maximum absolute atomic E-state index is 10.2. The van der Waals surface area contributed by atoms with Gasteiger partial charge in [0.2, 0.25) is 0 Å². The zero-order valence-corrected chi connectivity index (χ0v) is 13.0. The molecule has 0 spiro atoms. The Morgan fingerprint density at radius 2 is 2.10 bits per heavy atom. The predicted molar refractivity (Wildman–Crippen MR) is 85.3 cm³/mol. The number of hydrogen-bond acceptors (Lipinski definition) is 4. The summed E-state index contributed by atoms with van der Waals surface area (Å²) in [6.45, 7) is 4.91. The number of aliphatic hydroxyl groups excluding tert-OH is 1. The Morgan fingerprint density at radius 1 is 1.33 bits per heavy atom. The number of β-amino-alcohol motifs (C(OH)–C–C–N with tert-alkyl or cyclic N) is 1. The molecule has 1 aromatic carbocycles. The summed E-state index contributed by atoms with van der Waals surface area (Å²) in [5.41, 5.74) is 6.65. The van der Waals surface area contributed by atoms with E-state index in [4.69, 9.17) is 10.5 Å². The molecule has 1 fully saturated rings. The second-order valence-corrected chi connectivity index (χ2v) is 5.87. The molecule has 0 bridgehead atoms. The molecule has 0 radical (unpaired) electrons. The highest BCUT2D eigenvalue weighted by Gasteiger charge is 2.22. The summed E-state index contributed by atoms with van der Waals surface area (Å²) >= 11 is 0. The van der Waals surface area contributed by atoms with Crippen LogP contribution in [0.1, 0.15) is 38.2 Å². The van der Waals surface area contributed by atoms with Crippen LogP contribution in [0.4, 0.5) is 0 Å². The second kappa shape index (κ2) is 8.37. The number of likely N-dealkylation sites (tertiary alicyclic amines) is 1. The van der Waals surface area contributed by atoms with Crippen LogP contribution in [0.5, 0.6) is 5.75 Å². The van der Waals surface area contributed by atoms with Crippen LogP contribution in [0.3, 0.4) is 0 Å². The Labute approximate surface area is 127 Å². The lowest BCUT2D eigenvalue weighted by Gasteiger charge is -2.36. The lowest BCUT2D eigenvalue weighted by molar-refractivity contribution is 0.0387. The van der Waals surface area contributed by atoms with Crippen LogP contribution in [0.2, 0.25) is 0 Å². The standard InChI is InChI=1S/C17H28N2O2/c1-2-15-5-3-4-10-19(15)12-16(20)13-21-17-8-6-14(11-18)7-9-17/h6-9,15-16,20H,2-5,10-13,18H2,1H3. The Bertz CT molecular complexity index is 408. The Balaban J connectivity index is 1.76. The second-order valence-electron chi connectivity index (χ2n) is 5.87. The van der Waals surface area contributed by atoms with Crippen molar-refractivity contribution in [3.63, 3.8) is 0 Å². The molecule has 4 nitrogen and oxygen atoms in total. The summed E-state index contributed by atoms with van der Waals surface area (Å²) in [6.07, 6.45) is 4.53. The van der Waals surface area contributed by atoms with E-state index < -0.39 is 6.10 Å². The lowest BCUT2D eigenvalue weighted by Crippen LogP contribution is -2.44. The van der Waals surface area contributed by atoms with Crippen LogP contribution in [0, 0.1) is 0 Å². The molecule has 1 saturated heterocycles. The van der Waals surface area contributed by atoms with E-state index in [1.807, 2.05) is 24.3 Å². The summed E-state index contributed by atoms with van der Waals surface area (Å²) in [5, 5.41) is 10.2. The Kier molecular flexibility index (Phi) is 6.49.